The number of nitrogens with zero attached hydrogens (tertiary/aromatic N) is 2. The molecule has 0 aliphatic carbocycles. The Bertz CT molecular complexity index is 264. The van der Waals surface area contributed by atoms with E-state index in [0.717, 1.165) is 5.69 Å². The summed E-state index contributed by atoms with van der Waals surface area (Å²) in [5.41, 5.74) is 1.39. The fourth-order valence-corrected chi connectivity index (χ4v) is 0.686. The number of hydrogen-bond acceptors (Lipinski definition) is 2. The Labute approximate surface area is 59.0 Å². The molecule has 0 aromatic carbocycles. The van der Waals surface area contributed by atoms with Gasteiger partial charge in [0.15, 0.2) is 0 Å². The van der Waals surface area contributed by atoms with Gasteiger partial charge in [0, 0.05) is 6.20 Å². The lowest BCUT2D eigenvalue weighted by Gasteiger charge is -1.87. The molecule has 0 unspecified atom stereocenters. The monoisotopic (exact) mass is 133 g/mol. The Morgan fingerprint density at radius 1 is 1.90 bits per heavy atom. The van der Waals surface area contributed by atoms with Crippen LogP contribution in [0.5, 0.6) is 0 Å². The molecular formula is C7H7N3. The molecule has 0 saturated carbocycles. The lowest BCUT2D eigenvalue weighted by atomic mass is 10.2. The van der Waals surface area contributed by atoms with E-state index in [1.165, 1.54) is 0 Å². The number of nitriles is 1. The van der Waals surface area contributed by atoms with Crippen LogP contribution in [0.15, 0.2) is 18.3 Å². The zero-order valence-electron chi connectivity index (χ0n) is 5.63. The van der Waals surface area contributed by atoms with Gasteiger partial charge in [-0.3, -0.25) is 5.10 Å². The van der Waals surface area contributed by atoms with Crippen molar-refractivity contribution >= 4 is 5.57 Å². The Morgan fingerprint density at radius 2 is 2.70 bits per heavy atom. The van der Waals surface area contributed by atoms with E-state index in [1.807, 2.05) is 13.0 Å². The Hall–Kier alpha value is -1.56. The summed E-state index contributed by atoms with van der Waals surface area (Å²) in [4.78, 5) is 0. The van der Waals surface area contributed by atoms with Gasteiger partial charge in [0.05, 0.1) is 11.3 Å². The molecule has 0 aliphatic heterocycles. The topological polar surface area (TPSA) is 52.5 Å². The molecule has 3 nitrogen and oxygen atoms in total. The number of nitrogens with one attached hydrogen (secondary N) is 1. The third-order valence-electron chi connectivity index (χ3n) is 1.20. The minimum absolute atomic E-state index is 0.623. The molecule has 1 aromatic rings. The minimum Gasteiger partial charge on any atom is -0.277 e. The van der Waals surface area contributed by atoms with E-state index in [4.69, 9.17) is 5.26 Å². The smallest absolute Gasteiger partial charge is 0.101 e. The summed E-state index contributed by atoms with van der Waals surface area (Å²) in [6, 6.07) is 3.81. The van der Waals surface area contributed by atoms with E-state index in [9.17, 15) is 0 Å². The van der Waals surface area contributed by atoms with Crippen molar-refractivity contribution in [1.82, 2.24) is 10.2 Å². The summed E-state index contributed by atoms with van der Waals surface area (Å²) in [5, 5.41) is 15.0. The zero-order valence-corrected chi connectivity index (χ0v) is 5.63. The first kappa shape index (κ1) is 6.56. The van der Waals surface area contributed by atoms with Crippen molar-refractivity contribution in [2.45, 2.75) is 6.92 Å². The van der Waals surface area contributed by atoms with Crippen LogP contribution in [-0.2, 0) is 0 Å². The van der Waals surface area contributed by atoms with Crippen LogP contribution < -0.4 is 0 Å². The number of hydrogen-bond donors (Lipinski definition) is 1. The van der Waals surface area contributed by atoms with Gasteiger partial charge < -0.3 is 0 Å². The Balaban J connectivity index is 2.99. The molecule has 0 radical (unpaired) electrons. The van der Waals surface area contributed by atoms with Gasteiger partial charge in [-0.2, -0.15) is 10.4 Å². The first-order valence-electron chi connectivity index (χ1n) is 2.94. The average molecular weight is 133 g/mol. The third-order valence-corrected chi connectivity index (χ3v) is 1.20. The summed E-state index contributed by atoms with van der Waals surface area (Å²) < 4.78 is 0. The van der Waals surface area contributed by atoms with Gasteiger partial charge in [0.2, 0.25) is 0 Å². The summed E-state index contributed by atoms with van der Waals surface area (Å²) >= 11 is 0. The maximum absolute atomic E-state index is 8.53. The zero-order chi connectivity index (χ0) is 7.40. The molecule has 1 N–H and O–H groups in total. The summed E-state index contributed by atoms with van der Waals surface area (Å²) in [6.45, 7) is 1.82. The maximum atomic E-state index is 8.53. The number of rotatable bonds is 1. The van der Waals surface area contributed by atoms with Crippen LogP contribution in [0.2, 0.25) is 0 Å². The molecular weight excluding hydrogens is 126 g/mol. The second-order valence-corrected chi connectivity index (χ2v) is 1.78. The Kier molecular flexibility index (Phi) is 1.86. The van der Waals surface area contributed by atoms with Crippen LogP contribution in [0.1, 0.15) is 12.6 Å². The molecule has 10 heavy (non-hydrogen) atoms. The number of aromatic nitrogens is 2. The highest BCUT2D eigenvalue weighted by atomic mass is 15.1. The van der Waals surface area contributed by atoms with Crippen LogP contribution in [0.4, 0.5) is 0 Å². The molecule has 1 rings (SSSR count). The molecule has 0 saturated heterocycles. The maximum Gasteiger partial charge on any atom is 0.101 e. The third kappa shape index (κ3) is 1.06. The van der Waals surface area contributed by atoms with E-state index in [-0.39, 0.29) is 0 Å². The summed E-state index contributed by atoms with van der Waals surface area (Å²) in [6.07, 6.45) is 3.36. The molecule has 0 bridgehead atoms. The average Bonchev–Trinajstić information content (AvgIpc) is 2.43. The van der Waals surface area contributed by atoms with E-state index in [1.54, 1.807) is 18.3 Å². The van der Waals surface area contributed by atoms with Gasteiger partial charge in [0.25, 0.3) is 0 Å². The van der Waals surface area contributed by atoms with Crippen molar-refractivity contribution in [2.75, 3.05) is 0 Å². The van der Waals surface area contributed by atoms with Crippen molar-refractivity contribution < 1.29 is 0 Å². The highest BCUT2D eigenvalue weighted by molar-refractivity contribution is 5.73. The fraction of sp³-hybridized carbons (Fsp3) is 0.143. The van der Waals surface area contributed by atoms with E-state index in [2.05, 4.69) is 10.2 Å². The lowest BCUT2D eigenvalue weighted by Crippen LogP contribution is -1.79. The second-order valence-electron chi connectivity index (χ2n) is 1.78. The van der Waals surface area contributed by atoms with E-state index < -0.39 is 0 Å². The van der Waals surface area contributed by atoms with Crippen molar-refractivity contribution in [3.05, 3.63) is 24.0 Å². The molecule has 50 valence electrons. The number of H-pyrrole nitrogens is 1. The van der Waals surface area contributed by atoms with Crippen molar-refractivity contribution in [2.24, 2.45) is 0 Å². The van der Waals surface area contributed by atoms with Gasteiger partial charge in [-0.1, -0.05) is 6.08 Å². The van der Waals surface area contributed by atoms with Gasteiger partial charge in [0.1, 0.15) is 6.07 Å². The number of aromatic amines is 1. The largest absolute Gasteiger partial charge is 0.277 e. The van der Waals surface area contributed by atoms with Gasteiger partial charge in [-0.05, 0) is 13.0 Å². The van der Waals surface area contributed by atoms with E-state index in [0.29, 0.717) is 5.57 Å². The predicted octanol–water partition coefficient (Wildman–Crippen LogP) is 1.34. The van der Waals surface area contributed by atoms with Gasteiger partial charge in [-0.15, -0.1) is 0 Å². The molecule has 0 spiro atoms. The van der Waals surface area contributed by atoms with Gasteiger partial charge in [-0.25, -0.2) is 0 Å². The Morgan fingerprint density at radius 3 is 3.10 bits per heavy atom. The quantitative estimate of drug-likeness (QED) is 0.587. The molecule has 1 aromatic heterocycles. The van der Waals surface area contributed by atoms with Crippen LogP contribution in [-0.4, -0.2) is 10.2 Å². The predicted molar refractivity (Wildman–Crippen MR) is 37.9 cm³/mol. The minimum atomic E-state index is 0.623. The second kappa shape index (κ2) is 2.83. The molecule has 0 atom stereocenters. The standard InChI is InChI=1S/C7H7N3/c1-2-6(5-8)7-3-4-9-10-7/h2-4H,1H3,(H,9,10). The van der Waals surface area contributed by atoms with Crippen LogP contribution >= 0.6 is 0 Å². The first-order valence-corrected chi connectivity index (χ1v) is 2.94. The van der Waals surface area contributed by atoms with Crippen molar-refractivity contribution in [3.63, 3.8) is 0 Å². The summed E-state index contributed by atoms with van der Waals surface area (Å²) in [5.74, 6) is 0. The molecule has 0 amide bonds. The fourth-order valence-electron chi connectivity index (χ4n) is 0.686. The van der Waals surface area contributed by atoms with Crippen LogP contribution in [0, 0.1) is 11.3 Å². The lowest BCUT2D eigenvalue weighted by molar-refractivity contribution is 1.08. The van der Waals surface area contributed by atoms with Gasteiger partial charge >= 0.3 is 0 Å². The highest BCUT2D eigenvalue weighted by Gasteiger charge is 1.97. The molecule has 0 fully saturated rings. The SMILES string of the molecule is CC=C(C#N)c1ccn[nH]1. The molecule has 1 heterocycles. The number of allylic oxidation sites excluding steroid dienone is 2. The first-order chi connectivity index (χ1) is 4.88. The van der Waals surface area contributed by atoms with Crippen molar-refractivity contribution in [1.29, 1.82) is 5.26 Å². The highest BCUT2D eigenvalue weighted by Crippen LogP contribution is 2.07. The molecule has 0 aliphatic rings. The van der Waals surface area contributed by atoms with Crippen LogP contribution in [0.25, 0.3) is 5.57 Å². The summed E-state index contributed by atoms with van der Waals surface area (Å²) in [7, 11) is 0. The van der Waals surface area contributed by atoms with E-state index >= 15 is 0 Å². The molecule has 3 heteroatoms. The normalized spacial score (nSPS) is 11.0. The van der Waals surface area contributed by atoms with Crippen LogP contribution in [0.3, 0.4) is 0 Å². The van der Waals surface area contributed by atoms with Crippen molar-refractivity contribution in [3.8, 4) is 6.07 Å².